The highest BCUT2D eigenvalue weighted by molar-refractivity contribution is 5.96. The Bertz CT molecular complexity index is 428. The van der Waals surface area contributed by atoms with Crippen LogP contribution in [0, 0.1) is 5.92 Å². The van der Waals surface area contributed by atoms with Gasteiger partial charge in [0.15, 0.2) is 0 Å². The van der Waals surface area contributed by atoms with Gasteiger partial charge in [-0.1, -0.05) is 30.3 Å². The molecular formula is C13H16N2O2. The zero-order valence-corrected chi connectivity index (χ0v) is 9.84. The molecular weight excluding hydrogens is 216 g/mol. The lowest BCUT2D eigenvalue weighted by molar-refractivity contribution is 0.0734. The van der Waals surface area contributed by atoms with E-state index in [1.165, 1.54) is 0 Å². The Balaban J connectivity index is 2.08. The molecule has 1 N–H and O–H groups in total. The van der Waals surface area contributed by atoms with E-state index in [1.807, 2.05) is 42.2 Å². The predicted octanol–water partition coefficient (Wildman–Crippen LogP) is 2.00. The molecule has 1 aliphatic rings. The van der Waals surface area contributed by atoms with Crippen LogP contribution < -0.4 is 0 Å². The Hall–Kier alpha value is -1.84. The van der Waals surface area contributed by atoms with Crippen molar-refractivity contribution in [2.75, 3.05) is 13.1 Å². The first-order valence-electron chi connectivity index (χ1n) is 5.77. The second-order valence-corrected chi connectivity index (χ2v) is 4.36. The normalized spacial score (nSPS) is 22.8. The zero-order valence-electron chi connectivity index (χ0n) is 9.84. The average molecular weight is 232 g/mol. The summed E-state index contributed by atoms with van der Waals surface area (Å²) in [6, 6.07) is 9.26. The molecule has 2 rings (SSSR count). The van der Waals surface area contributed by atoms with Crippen LogP contribution in [-0.2, 0) is 0 Å². The molecule has 1 amide bonds. The Labute approximate surface area is 101 Å². The molecule has 1 aromatic carbocycles. The molecule has 0 spiro atoms. The third-order valence-corrected chi connectivity index (χ3v) is 3.14. The Kier molecular flexibility index (Phi) is 3.42. The van der Waals surface area contributed by atoms with Crippen molar-refractivity contribution in [3.8, 4) is 0 Å². The number of likely N-dealkylation sites (tertiary alicyclic amines) is 1. The number of piperidine rings is 1. The van der Waals surface area contributed by atoms with Crippen molar-refractivity contribution in [1.29, 1.82) is 0 Å². The van der Waals surface area contributed by atoms with E-state index in [9.17, 15) is 4.79 Å². The minimum absolute atomic E-state index is 0.0504. The Morgan fingerprint density at radius 3 is 2.71 bits per heavy atom. The maximum Gasteiger partial charge on any atom is 0.253 e. The van der Waals surface area contributed by atoms with Crippen LogP contribution in [0.15, 0.2) is 35.5 Å². The van der Waals surface area contributed by atoms with Crippen LogP contribution in [0.5, 0.6) is 0 Å². The fraction of sp³-hybridized carbons (Fsp3) is 0.385. The quantitative estimate of drug-likeness (QED) is 0.594. The van der Waals surface area contributed by atoms with Gasteiger partial charge in [-0.2, -0.15) is 0 Å². The van der Waals surface area contributed by atoms with E-state index in [0.717, 1.165) is 5.71 Å². The third-order valence-electron chi connectivity index (χ3n) is 3.14. The summed E-state index contributed by atoms with van der Waals surface area (Å²) >= 11 is 0. The van der Waals surface area contributed by atoms with Crippen molar-refractivity contribution in [3.05, 3.63) is 35.9 Å². The molecule has 4 nitrogen and oxygen atoms in total. The van der Waals surface area contributed by atoms with Gasteiger partial charge < -0.3 is 10.1 Å². The van der Waals surface area contributed by atoms with Gasteiger partial charge in [0, 0.05) is 31.0 Å². The van der Waals surface area contributed by atoms with Gasteiger partial charge in [-0.3, -0.25) is 4.79 Å². The van der Waals surface area contributed by atoms with Gasteiger partial charge in [-0.15, -0.1) is 0 Å². The molecule has 0 unspecified atom stereocenters. The van der Waals surface area contributed by atoms with Crippen LogP contribution in [0.4, 0.5) is 0 Å². The van der Waals surface area contributed by atoms with Gasteiger partial charge in [0.05, 0.1) is 5.71 Å². The van der Waals surface area contributed by atoms with Crippen molar-refractivity contribution in [2.24, 2.45) is 11.1 Å². The first-order chi connectivity index (χ1) is 8.22. The van der Waals surface area contributed by atoms with Gasteiger partial charge in [-0.25, -0.2) is 0 Å². The van der Waals surface area contributed by atoms with Gasteiger partial charge in [-0.05, 0) is 12.1 Å². The molecule has 0 radical (unpaired) electrons. The smallest absolute Gasteiger partial charge is 0.253 e. The van der Waals surface area contributed by atoms with E-state index in [2.05, 4.69) is 5.16 Å². The molecule has 90 valence electrons. The fourth-order valence-corrected chi connectivity index (χ4v) is 2.12. The molecule has 4 heteroatoms. The Morgan fingerprint density at radius 1 is 1.41 bits per heavy atom. The average Bonchev–Trinajstić information content (AvgIpc) is 2.39. The topological polar surface area (TPSA) is 52.9 Å². The highest BCUT2D eigenvalue weighted by atomic mass is 16.4. The van der Waals surface area contributed by atoms with Crippen LogP contribution in [0.25, 0.3) is 0 Å². The van der Waals surface area contributed by atoms with Gasteiger partial charge in [0.1, 0.15) is 0 Å². The molecule has 1 saturated heterocycles. The number of amides is 1. The number of benzene rings is 1. The van der Waals surface area contributed by atoms with E-state index < -0.39 is 0 Å². The SMILES string of the molecule is C[C@H]1CN(C(=O)c2ccccc2)CC/C1=N\O. The highest BCUT2D eigenvalue weighted by Crippen LogP contribution is 2.16. The number of oxime groups is 1. The van der Waals surface area contributed by atoms with Crippen LogP contribution in [0.1, 0.15) is 23.7 Å². The van der Waals surface area contributed by atoms with Crippen LogP contribution in [-0.4, -0.2) is 34.8 Å². The van der Waals surface area contributed by atoms with Gasteiger partial charge in [0.2, 0.25) is 0 Å². The van der Waals surface area contributed by atoms with E-state index >= 15 is 0 Å². The highest BCUT2D eigenvalue weighted by Gasteiger charge is 2.26. The fourth-order valence-electron chi connectivity index (χ4n) is 2.12. The molecule has 1 fully saturated rings. The largest absolute Gasteiger partial charge is 0.411 e. The summed E-state index contributed by atoms with van der Waals surface area (Å²) in [6.07, 6.45) is 0.649. The standard InChI is InChI=1S/C13H16N2O2/c1-10-9-15(8-7-12(10)14-17)13(16)11-5-3-2-4-6-11/h2-6,10,17H,7-9H2,1H3/b14-12+/t10-/m0/s1. The molecule has 17 heavy (non-hydrogen) atoms. The summed E-state index contributed by atoms with van der Waals surface area (Å²) < 4.78 is 0. The van der Waals surface area contributed by atoms with Crippen LogP contribution >= 0.6 is 0 Å². The number of carbonyl (C=O) groups excluding carboxylic acids is 1. The summed E-state index contributed by atoms with van der Waals surface area (Å²) in [5, 5.41) is 12.1. The summed E-state index contributed by atoms with van der Waals surface area (Å²) in [4.78, 5) is 14.0. The van der Waals surface area contributed by atoms with Crippen LogP contribution in [0.2, 0.25) is 0 Å². The van der Waals surface area contributed by atoms with E-state index in [-0.39, 0.29) is 11.8 Å². The maximum atomic E-state index is 12.2. The van der Waals surface area contributed by atoms with Gasteiger partial charge >= 0.3 is 0 Å². The summed E-state index contributed by atoms with van der Waals surface area (Å²) in [6.45, 7) is 3.21. The van der Waals surface area contributed by atoms with Gasteiger partial charge in [0.25, 0.3) is 5.91 Å². The van der Waals surface area contributed by atoms with E-state index in [1.54, 1.807) is 0 Å². The minimum atomic E-state index is 0.0504. The van der Waals surface area contributed by atoms with Crippen molar-refractivity contribution in [3.63, 3.8) is 0 Å². The number of hydrogen-bond donors (Lipinski definition) is 1. The molecule has 1 aromatic rings. The molecule has 0 aliphatic carbocycles. The lowest BCUT2D eigenvalue weighted by atomic mass is 9.97. The second kappa shape index (κ2) is 4.99. The second-order valence-electron chi connectivity index (χ2n) is 4.36. The molecule has 0 saturated carbocycles. The van der Waals surface area contributed by atoms with E-state index in [4.69, 9.17) is 5.21 Å². The predicted molar refractivity (Wildman–Crippen MR) is 65.3 cm³/mol. The van der Waals surface area contributed by atoms with Crippen LogP contribution in [0.3, 0.4) is 0 Å². The summed E-state index contributed by atoms with van der Waals surface area (Å²) in [5.41, 5.74) is 1.49. The molecule has 1 aliphatic heterocycles. The number of hydrogen-bond acceptors (Lipinski definition) is 3. The number of carbonyl (C=O) groups is 1. The summed E-state index contributed by atoms with van der Waals surface area (Å²) in [7, 11) is 0. The number of nitrogens with zero attached hydrogens (tertiary/aromatic N) is 2. The minimum Gasteiger partial charge on any atom is -0.411 e. The van der Waals surface area contributed by atoms with Crippen molar-refractivity contribution >= 4 is 11.6 Å². The van der Waals surface area contributed by atoms with Crippen molar-refractivity contribution in [2.45, 2.75) is 13.3 Å². The first-order valence-corrected chi connectivity index (χ1v) is 5.77. The van der Waals surface area contributed by atoms with Crippen molar-refractivity contribution < 1.29 is 10.0 Å². The van der Waals surface area contributed by atoms with E-state index in [0.29, 0.717) is 25.1 Å². The monoisotopic (exact) mass is 232 g/mol. The summed E-state index contributed by atoms with van der Waals surface area (Å²) in [5.74, 6) is 0.177. The van der Waals surface area contributed by atoms with Crippen molar-refractivity contribution in [1.82, 2.24) is 4.90 Å². The Morgan fingerprint density at radius 2 is 2.12 bits per heavy atom. The molecule has 0 aromatic heterocycles. The first kappa shape index (κ1) is 11.6. The number of rotatable bonds is 1. The molecule has 1 heterocycles. The maximum absolute atomic E-state index is 12.2. The lowest BCUT2D eigenvalue weighted by Gasteiger charge is -2.31. The third kappa shape index (κ3) is 2.46. The molecule has 0 bridgehead atoms. The molecule has 1 atom stereocenters. The zero-order chi connectivity index (χ0) is 12.3. The lowest BCUT2D eigenvalue weighted by Crippen LogP contribution is -2.43.